The van der Waals surface area contributed by atoms with Gasteiger partial charge in [-0.3, -0.25) is 5.32 Å². The molecule has 0 bridgehead atoms. The fourth-order valence-electron chi connectivity index (χ4n) is 6.37. The van der Waals surface area contributed by atoms with Gasteiger partial charge in [0.15, 0.2) is 9.84 Å². The number of aryl methyl sites for hydroxylation is 1. The van der Waals surface area contributed by atoms with Crippen molar-refractivity contribution in [1.82, 2.24) is 15.1 Å². The lowest BCUT2D eigenvalue weighted by Gasteiger charge is -2.24. The molecule has 2 aromatic carbocycles. The van der Waals surface area contributed by atoms with Crippen LogP contribution in [0.3, 0.4) is 0 Å². The van der Waals surface area contributed by atoms with Crippen molar-refractivity contribution in [3.8, 4) is 11.8 Å². The van der Waals surface area contributed by atoms with Crippen molar-refractivity contribution < 1.29 is 49.1 Å². The molecule has 17 heteroatoms. The van der Waals surface area contributed by atoms with E-state index in [2.05, 4.69) is 23.4 Å². The normalized spacial score (nSPS) is 18.2. The maximum atomic E-state index is 13.5. The Hall–Kier alpha value is -4.17. The molecule has 2 N–H and O–H groups in total. The molecule has 0 radical (unpaired) electrons. The number of nitrogens with zero attached hydrogens (tertiary/aromatic N) is 4. The van der Waals surface area contributed by atoms with E-state index in [0.717, 1.165) is 53.2 Å². The number of hydrogen-bond acceptors (Lipinski definition) is 7. The second kappa shape index (κ2) is 17.5. The number of nitrogens with one attached hydrogen (secondary N) is 1. The number of halogens is 7. The summed E-state index contributed by atoms with van der Waals surface area (Å²) in [6, 6.07) is 7.08. The number of aliphatic carboxylic acids is 1. The van der Waals surface area contributed by atoms with E-state index in [-0.39, 0.29) is 23.1 Å². The number of anilines is 1. The average Bonchev–Trinajstić information content (AvgIpc) is 3.55. The molecule has 2 atom stereocenters. The van der Waals surface area contributed by atoms with Gasteiger partial charge in [-0.2, -0.15) is 36.7 Å². The van der Waals surface area contributed by atoms with Gasteiger partial charge in [0.1, 0.15) is 23.2 Å². The number of rotatable bonds is 15. The number of alkyl halides is 6. The van der Waals surface area contributed by atoms with E-state index in [1.807, 2.05) is 0 Å². The molecule has 54 heavy (non-hydrogen) atoms. The summed E-state index contributed by atoms with van der Waals surface area (Å²) in [7, 11) is -4.82. The van der Waals surface area contributed by atoms with Gasteiger partial charge in [-0.25, -0.2) is 22.3 Å². The zero-order chi connectivity index (χ0) is 39.9. The van der Waals surface area contributed by atoms with Crippen molar-refractivity contribution in [2.75, 3.05) is 18.0 Å². The van der Waals surface area contributed by atoms with E-state index in [1.54, 1.807) is 0 Å². The SMILES string of the molecule is CCCCCCCCCCNC1(C#N)CC1.Cc1cc(N2C[C@H](S(=O)(=O)c3ccc(F)cc3C(F)(F)F)C[C@H]2C(=O)O)n(-c2ccc(C(F)(F)F)cc2)n1. The zero-order valence-electron chi connectivity index (χ0n) is 30.0. The molecule has 1 saturated carbocycles. The molecule has 1 saturated heterocycles. The fourth-order valence-corrected chi connectivity index (χ4v) is 8.26. The Morgan fingerprint density at radius 2 is 1.57 bits per heavy atom. The molecule has 1 aliphatic heterocycles. The van der Waals surface area contributed by atoms with Crippen LogP contribution in [0.4, 0.5) is 36.6 Å². The molecule has 2 heterocycles. The number of nitriles is 1. The van der Waals surface area contributed by atoms with E-state index in [0.29, 0.717) is 17.8 Å². The van der Waals surface area contributed by atoms with Crippen molar-refractivity contribution in [3.63, 3.8) is 0 Å². The lowest BCUT2D eigenvalue weighted by atomic mass is 10.1. The second-order valence-corrected chi connectivity index (χ2v) is 15.9. The minimum Gasteiger partial charge on any atom is -0.480 e. The summed E-state index contributed by atoms with van der Waals surface area (Å²) in [5, 5.41) is 24.6. The van der Waals surface area contributed by atoms with Gasteiger partial charge in [-0.1, -0.05) is 51.9 Å². The molecule has 0 spiro atoms. The second-order valence-electron chi connectivity index (χ2n) is 13.7. The van der Waals surface area contributed by atoms with Crippen LogP contribution in [0.1, 0.15) is 94.4 Å². The summed E-state index contributed by atoms with van der Waals surface area (Å²) in [6.45, 7) is 4.23. The Balaban J connectivity index is 0.000000340. The number of carboxylic acids is 1. The van der Waals surface area contributed by atoms with Crippen molar-refractivity contribution in [1.29, 1.82) is 5.26 Å². The molecule has 1 aromatic heterocycles. The third kappa shape index (κ3) is 10.7. The molecule has 2 fully saturated rings. The summed E-state index contributed by atoms with van der Waals surface area (Å²) in [6.07, 6.45) is 2.55. The Morgan fingerprint density at radius 3 is 2.11 bits per heavy atom. The van der Waals surface area contributed by atoms with Crippen LogP contribution in [0.15, 0.2) is 53.4 Å². The van der Waals surface area contributed by atoms with Crippen LogP contribution in [-0.4, -0.2) is 59.2 Å². The number of carboxylic acid groups (broad SMARTS) is 1. The molecule has 3 aromatic rings. The third-order valence-electron chi connectivity index (χ3n) is 9.54. The number of hydrogen-bond donors (Lipinski definition) is 2. The van der Waals surface area contributed by atoms with Crippen molar-refractivity contribution in [3.05, 3.63) is 71.2 Å². The highest BCUT2D eigenvalue weighted by Gasteiger charge is 2.47. The fraction of sp³-hybridized carbons (Fsp3) is 0.541. The highest BCUT2D eigenvalue weighted by atomic mass is 32.2. The van der Waals surface area contributed by atoms with Gasteiger partial charge in [0.2, 0.25) is 0 Å². The highest BCUT2D eigenvalue weighted by molar-refractivity contribution is 7.92. The molecule has 9 nitrogen and oxygen atoms in total. The first kappa shape index (κ1) is 42.6. The van der Waals surface area contributed by atoms with Gasteiger partial charge in [0.25, 0.3) is 0 Å². The standard InChI is InChI=1S/C23H18F7N3O4S.C14H26N2/c1-12-8-20(33(31-12)15-5-2-13(3-6-15)22(25,26)27)32-11-16(10-18(32)21(34)35)38(36,37)19-7-4-14(24)9-17(19)23(28,29)30;1-2-3-4-5-6-7-8-9-12-16-14(13-15)10-11-14/h2-9,16,18H,10-11H2,1H3,(H,34,35);16H,2-12H2,1H3/t16-,18+;/m1./s1. The first-order valence-electron chi connectivity index (χ1n) is 17.8. The molecule has 1 aliphatic carbocycles. The Labute approximate surface area is 310 Å². The minimum atomic E-state index is -5.20. The number of unbranched alkanes of at least 4 members (excludes halogenated alkanes) is 7. The molecular weight excluding hydrogens is 743 g/mol. The van der Waals surface area contributed by atoms with Crippen LogP contribution in [0.5, 0.6) is 0 Å². The van der Waals surface area contributed by atoms with Crippen LogP contribution < -0.4 is 10.2 Å². The van der Waals surface area contributed by atoms with E-state index >= 15 is 0 Å². The summed E-state index contributed by atoms with van der Waals surface area (Å²) in [5.74, 6) is -2.76. The number of sulfone groups is 1. The Kier molecular flexibility index (Phi) is 13.8. The lowest BCUT2D eigenvalue weighted by molar-refractivity contribution is -0.140. The van der Waals surface area contributed by atoms with Crippen molar-refractivity contribution >= 4 is 21.6 Å². The zero-order valence-corrected chi connectivity index (χ0v) is 30.8. The van der Waals surface area contributed by atoms with Crippen molar-refractivity contribution in [2.24, 2.45) is 0 Å². The Bertz CT molecular complexity index is 1890. The summed E-state index contributed by atoms with van der Waals surface area (Å²) in [4.78, 5) is 12.0. The molecule has 296 valence electrons. The van der Waals surface area contributed by atoms with Gasteiger partial charge in [0, 0.05) is 12.6 Å². The van der Waals surface area contributed by atoms with Crippen LogP contribution in [0.25, 0.3) is 5.69 Å². The van der Waals surface area contributed by atoms with Crippen LogP contribution in [-0.2, 0) is 27.0 Å². The first-order valence-corrected chi connectivity index (χ1v) is 19.4. The monoisotopic (exact) mass is 787 g/mol. The number of benzene rings is 2. The quantitative estimate of drug-likeness (QED) is 0.0891. The first-order chi connectivity index (χ1) is 25.3. The molecule has 5 rings (SSSR count). The average molecular weight is 788 g/mol. The van der Waals surface area contributed by atoms with Gasteiger partial charge >= 0.3 is 18.3 Å². The summed E-state index contributed by atoms with van der Waals surface area (Å²) in [5.41, 5.74) is -2.35. The van der Waals surface area contributed by atoms with Crippen LogP contribution in [0.2, 0.25) is 0 Å². The molecular formula is C37H44F7N5O4S. The highest BCUT2D eigenvalue weighted by Crippen LogP contribution is 2.40. The van der Waals surface area contributed by atoms with Crippen LogP contribution in [0, 0.1) is 24.1 Å². The van der Waals surface area contributed by atoms with Crippen LogP contribution >= 0.6 is 0 Å². The maximum Gasteiger partial charge on any atom is 0.417 e. The molecule has 2 aliphatic rings. The summed E-state index contributed by atoms with van der Waals surface area (Å²) < 4.78 is 121. The predicted octanol–water partition coefficient (Wildman–Crippen LogP) is 8.64. The van der Waals surface area contributed by atoms with Gasteiger partial charge in [-0.15, -0.1) is 0 Å². The Morgan fingerprint density at radius 1 is 0.963 bits per heavy atom. The lowest BCUT2D eigenvalue weighted by Crippen LogP contribution is -2.37. The van der Waals surface area contributed by atoms with E-state index in [1.165, 1.54) is 64.4 Å². The van der Waals surface area contributed by atoms with E-state index in [4.69, 9.17) is 5.26 Å². The minimum absolute atomic E-state index is 0.0162. The topological polar surface area (TPSA) is 128 Å². The third-order valence-corrected chi connectivity index (χ3v) is 11.7. The van der Waals surface area contributed by atoms with Crippen molar-refractivity contribution in [2.45, 2.75) is 119 Å². The smallest absolute Gasteiger partial charge is 0.417 e. The largest absolute Gasteiger partial charge is 0.480 e. The summed E-state index contributed by atoms with van der Waals surface area (Å²) >= 11 is 0. The van der Waals surface area contributed by atoms with E-state index < -0.39 is 74.3 Å². The maximum absolute atomic E-state index is 13.5. The number of aromatic nitrogens is 2. The molecule has 0 amide bonds. The molecule has 0 unspecified atom stereocenters. The predicted molar refractivity (Wildman–Crippen MR) is 187 cm³/mol. The number of carbonyl (C=O) groups is 1. The van der Waals surface area contributed by atoms with Gasteiger partial charge < -0.3 is 10.0 Å². The van der Waals surface area contributed by atoms with Gasteiger partial charge in [-0.05, 0) is 81.6 Å². The van der Waals surface area contributed by atoms with E-state index in [9.17, 15) is 49.1 Å². The van der Waals surface area contributed by atoms with Gasteiger partial charge in [0.05, 0.1) is 38.7 Å².